The lowest BCUT2D eigenvalue weighted by molar-refractivity contribution is 0.0691. The Kier molecular flexibility index (Phi) is 4.21. The van der Waals surface area contributed by atoms with Gasteiger partial charge in [-0.25, -0.2) is 13.5 Å². The zero-order valence-electron chi connectivity index (χ0n) is 15.6. The number of likely N-dealkylation sites (tertiary alicyclic amines) is 1. The highest BCUT2D eigenvalue weighted by Gasteiger charge is 2.50. The minimum absolute atomic E-state index is 0.0867. The second kappa shape index (κ2) is 6.63. The van der Waals surface area contributed by atoms with Gasteiger partial charge in [-0.05, 0) is 30.9 Å². The fourth-order valence-corrected chi connectivity index (χ4v) is 4.45. The molecule has 1 N–H and O–H groups in total. The Morgan fingerprint density at radius 1 is 1.36 bits per heavy atom. The van der Waals surface area contributed by atoms with Gasteiger partial charge >= 0.3 is 0 Å². The van der Waals surface area contributed by atoms with E-state index in [1.165, 1.54) is 16.8 Å². The third kappa shape index (κ3) is 2.91. The molecule has 2 fully saturated rings. The van der Waals surface area contributed by atoms with Gasteiger partial charge in [0.15, 0.2) is 11.5 Å². The molecule has 28 heavy (non-hydrogen) atoms. The smallest absolute Gasteiger partial charge is 0.272 e. The molecule has 2 aliphatic carbocycles. The minimum Gasteiger partial charge on any atom is -0.383 e. The summed E-state index contributed by atoms with van der Waals surface area (Å²) in [7, 11) is 1.67. The van der Waals surface area contributed by atoms with E-state index in [0.717, 1.165) is 49.8 Å². The number of fused-ring (bicyclic) bond motifs is 3. The van der Waals surface area contributed by atoms with Gasteiger partial charge in [-0.3, -0.25) is 9.69 Å². The van der Waals surface area contributed by atoms with Crippen LogP contribution in [-0.2, 0) is 11.2 Å². The number of benzene rings is 1. The maximum atomic E-state index is 14.4. The van der Waals surface area contributed by atoms with Gasteiger partial charge in [0.2, 0.25) is 0 Å². The Bertz CT molecular complexity index is 939. The molecule has 0 unspecified atom stereocenters. The van der Waals surface area contributed by atoms with Crippen LogP contribution in [0.3, 0.4) is 0 Å². The lowest BCUT2D eigenvalue weighted by atomic mass is 10.1. The number of carbonyl (C=O) groups is 1. The molecule has 2 aromatic rings. The standard InChI is InChI=1S/C20H22F2N4O2/c1-28-5-4-25-9-13(10-25)23-20(27)18-15-7-11-6-14(11)19(15)26(24-18)17-3-2-12(21)8-16(17)22/h2-3,8,11,13-14H,4-7,9-10H2,1H3,(H,23,27)/t11-,14-/m1/s1. The van der Waals surface area contributed by atoms with Crippen LogP contribution in [0.2, 0.25) is 0 Å². The van der Waals surface area contributed by atoms with Gasteiger partial charge < -0.3 is 10.1 Å². The quantitative estimate of drug-likeness (QED) is 0.821. The summed E-state index contributed by atoms with van der Waals surface area (Å²) < 4.78 is 34.2. The summed E-state index contributed by atoms with van der Waals surface area (Å²) in [6, 6.07) is 3.54. The first kappa shape index (κ1) is 17.8. The second-order valence-corrected chi connectivity index (χ2v) is 7.95. The maximum absolute atomic E-state index is 14.4. The van der Waals surface area contributed by atoms with Crippen molar-refractivity contribution in [3.8, 4) is 5.69 Å². The number of nitrogens with one attached hydrogen (secondary N) is 1. The van der Waals surface area contributed by atoms with E-state index in [9.17, 15) is 13.6 Å². The van der Waals surface area contributed by atoms with Gasteiger partial charge in [-0.2, -0.15) is 5.10 Å². The number of halogens is 2. The number of hydrogen-bond donors (Lipinski definition) is 1. The molecule has 1 aromatic carbocycles. The third-order valence-electron chi connectivity index (χ3n) is 6.02. The van der Waals surface area contributed by atoms with Crippen LogP contribution >= 0.6 is 0 Å². The number of methoxy groups -OCH3 is 1. The number of ether oxygens (including phenoxy) is 1. The van der Waals surface area contributed by atoms with Gasteiger partial charge in [0.1, 0.15) is 11.5 Å². The van der Waals surface area contributed by atoms with Crippen molar-refractivity contribution in [2.75, 3.05) is 33.4 Å². The van der Waals surface area contributed by atoms with Crippen LogP contribution in [0.5, 0.6) is 0 Å². The average molecular weight is 388 g/mol. The predicted octanol–water partition coefficient (Wildman–Crippen LogP) is 1.87. The first-order valence-electron chi connectivity index (χ1n) is 9.64. The molecule has 0 bridgehead atoms. The molecule has 0 radical (unpaired) electrons. The van der Waals surface area contributed by atoms with Gasteiger partial charge in [0.05, 0.1) is 18.3 Å². The second-order valence-electron chi connectivity index (χ2n) is 7.95. The maximum Gasteiger partial charge on any atom is 0.272 e. The fraction of sp³-hybridized carbons (Fsp3) is 0.500. The van der Waals surface area contributed by atoms with E-state index in [1.807, 2.05) is 0 Å². The van der Waals surface area contributed by atoms with E-state index < -0.39 is 11.6 Å². The minimum atomic E-state index is -0.672. The van der Waals surface area contributed by atoms with Crippen molar-refractivity contribution in [3.05, 3.63) is 46.8 Å². The van der Waals surface area contributed by atoms with Gasteiger partial charge in [-0.15, -0.1) is 0 Å². The Hall–Kier alpha value is -2.32. The van der Waals surface area contributed by atoms with Crippen molar-refractivity contribution in [2.24, 2.45) is 5.92 Å². The van der Waals surface area contributed by atoms with Gasteiger partial charge in [-0.1, -0.05) is 0 Å². The number of nitrogens with zero attached hydrogens (tertiary/aromatic N) is 3. The van der Waals surface area contributed by atoms with E-state index in [1.54, 1.807) is 7.11 Å². The highest BCUT2D eigenvalue weighted by Crippen LogP contribution is 2.57. The van der Waals surface area contributed by atoms with E-state index in [-0.39, 0.29) is 17.6 Å². The van der Waals surface area contributed by atoms with E-state index >= 15 is 0 Å². The molecular weight excluding hydrogens is 366 g/mol. The Morgan fingerprint density at radius 3 is 2.93 bits per heavy atom. The Morgan fingerprint density at radius 2 is 2.18 bits per heavy atom. The van der Waals surface area contributed by atoms with Gasteiger partial charge in [0.25, 0.3) is 5.91 Å². The van der Waals surface area contributed by atoms with Crippen LogP contribution < -0.4 is 5.32 Å². The Balaban J connectivity index is 1.38. The molecule has 1 aromatic heterocycles. The molecule has 1 saturated heterocycles. The van der Waals surface area contributed by atoms with Crippen molar-refractivity contribution < 1.29 is 18.3 Å². The van der Waals surface area contributed by atoms with E-state index in [4.69, 9.17) is 4.74 Å². The number of rotatable bonds is 6. The number of aromatic nitrogens is 2. The monoisotopic (exact) mass is 388 g/mol. The van der Waals surface area contributed by atoms with Crippen LogP contribution in [0.15, 0.2) is 18.2 Å². The SMILES string of the molecule is COCCN1CC(NC(=O)c2nn(-c3ccc(F)cc3F)c3c2C[C@H]2C[C@@H]32)C1. The molecule has 1 aliphatic heterocycles. The first-order chi connectivity index (χ1) is 13.5. The summed E-state index contributed by atoms with van der Waals surface area (Å²) in [5, 5.41) is 7.49. The predicted molar refractivity (Wildman–Crippen MR) is 97.6 cm³/mol. The molecule has 2 heterocycles. The molecule has 6 nitrogen and oxygen atoms in total. The molecule has 2 atom stereocenters. The molecule has 5 rings (SSSR count). The van der Waals surface area contributed by atoms with Crippen LogP contribution in [0.4, 0.5) is 8.78 Å². The lowest BCUT2D eigenvalue weighted by Gasteiger charge is -2.39. The van der Waals surface area contributed by atoms with Crippen molar-refractivity contribution >= 4 is 5.91 Å². The summed E-state index contributed by atoms with van der Waals surface area (Å²) in [5.74, 6) is -0.677. The van der Waals surface area contributed by atoms with Crippen LogP contribution in [0, 0.1) is 17.6 Å². The van der Waals surface area contributed by atoms with Crippen LogP contribution in [0.1, 0.15) is 34.1 Å². The molecule has 0 spiro atoms. The average Bonchev–Trinajstić information content (AvgIpc) is 3.13. The normalized spacial score (nSPS) is 23.2. The molecular formula is C20H22F2N4O2. The molecule has 8 heteroatoms. The summed E-state index contributed by atoms with van der Waals surface area (Å²) in [6.07, 6.45) is 1.84. The number of hydrogen-bond acceptors (Lipinski definition) is 4. The van der Waals surface area contributed by atoms with Crippen LogP contribution in [0.25, 0.3) is 5.69 Å². The third-order valence-corrected chi connectivity index (χ3v) is 6.02. The van der Waals surface area contributed by atoms with E-state index in [2.05, 4.69) is 15.3 Å². The van der Waals surface area contributed by atoms with E-state index in [0.29, 0.717) is 24.1 Å². The topological polar surface area (TPSA) is 59.4 Å². The van der Waals surface area contributed by atoms with Crippen molar-refractivity contribution in [3.63, 3.8) is 0 Å². The number of amides is 1. The number of carbonyl (C=O) groups excluding carboxylic acids is 1. The largest absolute Gasteiger partial charge is 0.383 e. The zero-order chi connectivity index (χ0) is 19.4. The highest BCUT2D eigenvalue weighted by molar-refractivity contribution is 5.94. The fourth-order valence-electron chi connectivity index (χ4n) is 4.45. The van der Waals surface area contributed by atoms with Crippen molar-refractivity contribution in [1.82, 2.24) is 20.0 Å². The summed E-state index contributed by atoms with van der Waals surface area (Å²) >= 11 is 0. The molecule has 1 amide bonds. The van der Waals surface area contributed by atoms with Crippen molar-refractivity contribution in [1.29, 1.82) is 0 Å². The van der Waals surface area contributed by atoms with Gasteiger partial charge in [0, 0.05) is 44.3 Å². The summed E-state index contributed by atoms with van der Waals surface area (Å²) in [4.78, 5) is 15.1. The zero-order valence-corrected chi connectivity index (χ0v) is 15.6. The summed E-state index contributed by atoms with van der Waals surface area (Å²) in [6.45, 7) is 3.09. The first-order valence-corrected chi connectivity index (χ1v) is 9.64. The van der Waals surface area contributed by atoms with Crippen molar-refractivity contribution in [2.45, 2.75) is 24.8 Å². The molecule has 3 aliphatic rings. The molecule has 148 valence electrons. The Labute approximate surface area is 161 Å². The highest BCUT2D eigenvalue weighted by atomic mass is 19.1. The molecule has 1 saturated carbocycles. The lowest BCUT2D eigenvalue weighted by Crippen LogP contribution is -2.59. The van der Waals surface area contributed by atoms with Crippen LogP contribution in [-0.4, -0.2) is 60.0 Å². The summed E-state index contributed by atoms with van der Waals surface area (Å²) in [5.41, 5.74) is 2.40.